The summed E-state index contributed by atoms with van der Waals surface area (Å²) in [6.07, 6.45) is 1.19. The molecule has 1 aliphatic heterocycles. The normalized spacial score (nSPS) is 20.8. The first kappa shape index (κ1) is 12.4. The first-order valence-electron chi connectivity index (χ1n) is 5.14. The van der Waals surface area contributed by atoms with Crippen molar-refractivity contribution in [2.45, 2.75) is 12.5 Å². The second-order valence-electron chi connectivity index (χ2n) is 3.61. The summed E-state index contributed by atoms with van der Waals surface area (Å²) in [6, 6.07) is 6.07. The third kappa shape index (κ3) is 3.45. The van der Waals surface area contributed by atoms with Gasteiger partial charge in [0.15, 0.2) is 0 Å². The average molecular weight is 351 g/mol. The molecule has 0 amide bonds. The van der Waals surface area contributed by atoms with Crippen molar-refractivity contribution in [3.63, 3.8) is 0 Å². The SMILES string of the molecule is Brc1ccc(NCC2CCOCO2)c(Br)c1. The number of anilines is 1. The number of halogens is 2. The number of nitrogens with one attached hydrogen (secondary N) is 1. The molecule has 5 heteroatoms. The van der Waals surface area contributed by atoms with Gasteiger partial charge in [-0.1, -0.05) is 15.9 Å². The molecule has 1 aromatic carbocycles. The second kappa shape index (κ2) is 6.00. The van der Waals surface area contributed by atoms with Crippen LogP contribution in [-0.2, 0) is 9.47 Å². The Balaban J connectivity index is 1.88. The Kier molecular flexibility index (Phi) is 4.64. The summed E-state index contributed by atoms with van der Waals surface area (Å²) in [5.74, 6) is 0. The standard InChI is InChI=1S/C11H13Br2NO2/c12-8-1-2-11(10(13)5-8)14-6-9-3-4-15-7-16-9/h1-2,5,9,14H,3-4,6-7H2. The quantitative estimate of drug-likeness (QED) is 0.906. The number of hydrogen-bond acceptors (Lipinski definition) is 3. The molecule has 1 N–H and O–H groups in total. The molecular formula is C11H13Br2NO2. The highest BCUT2D eigenvalue weighted by molar-refractivity contribution is 9.11. The van der Waals surface area contributed by atoms with Crippen molar-refractivity contribution in [1.29, 1.82) is 0 Å². The lowest BCUT2D eigenvalue weighted by atomic mass is 10.2. The highest BCUT2D eigenvalue weighted by Crippen LogP contribution is 2.26. The summed E-state index contributed by atoms with van der Waals surface area (Å²) < 4.78 is 12.7. The molecule has 1 aromatic rings. The molecule has 1 fully saturated rings. The number of benzene rings is 1. The van der Waals surface area contributed by atoms with Crippen molar-refractivity contribution in [2.24, 2.45) is 0 Å². The molecule has 0 aromatic heterocycles. The van der Waals surface area contributed by atoms with E-state index in [1.165, 1.54) is 0 Å². The van der Waals surface area contributed by atoms with Gasteiger partial charge in [0, 0.05) is 21.2 Å². The minimum atomic E-state index is 0.240. The van der Waals surface area contributed by atoms with Gasteiger partial charge in [-0.25, -0.2) is 0 Å². The van der Waals surface area contributed by atoms with Gasteiger partial charge >= 0.3 is 0 Å². The third-order valence-electron chi connectivity index (χ3n) is 2.42. The van der Waals surface area contributed by atoms with Crippen LogP contribution in [-0.4, -0.2) is 26.0 Å². The Hall–Kier alpha value is -0.100. The Morgan fingerprint density at radius 2 is 2.25 bits per heavy atom. The fourth-order valence-electron chi connectivity index (χ4n) is 1.52. The molecule has 1 unspecified atom stereocenters. The van der Waals surface area contributed by atoms with Crippen molar-refractivity contribution >= 4 is 37.5 Å². The number of ether oxygens (including phenoxy) is 2. The zero-order chi connectivity index (χ0) is 11.4. The van der Waals surface area contributed by atoms with Crippen LogP contribution >= 0.6 is 31.9 Å². The van der Waals surface area contributed by atoms with Crippen LogP contribution in [0.5, 0.6) is 0 Å². The van der Waals surface area contributed by atoms with Crippen LogP contribution in [0.15, 0.2) is 27.1 Å². The fourth-order valence-corrected chi connectivity index (χ4v) is 2.71. The Labute approximate surface area is 112 Å². The van der Waals surface area contributed by atoms with Crippen molar-refractivity contribution in [3.8, 4) is 0 Å². The molecule has 1 aliphatic rings. The lowest BCUT2D eigenvalue weighted by molar-refractivity contribution is -0.133. The Bertz CT molecular complexity index is 354. The van der Waals surface area contributed by atoms with Crippen LogP contribution in [0.1, 0.15) is 6.42 Å². The summed E-state index contributed by atoms with van der Waals surface area (Å²) >= 11 is 6.94. The average Bonchev–Trinajstić information content (AvgIpc) is 2.29. The van der Waals surface area contributed by atoms with Crippen molar-refractivity contribution in [1.82, 2.24) is 0 Å². The molecular weight excluding hydrogens is 338 g/mol. The van der Waals surface area contributed by atoms with Crippen LogP contribution in [0.2, 0.25) is 0 Å². The van der Waals surface area contributed by atoms with Gasteiger partial charge in [-0.05, 0) is 40.5 Å². The molecule has 1 heterocycles. The van der Waals surface area contributed by atoms with Crippen LogP contribution in [0.4, 0.5) is 5.69 Å². The molecule has 0 radical (unpaired) electrons. The highest BCUT2D eigenvalue weighted by atomic mass is 79.9. The molecule has 0 aliphatic carbocycles. The maximum atomic E-state index is 5.45. The predicted molar refractivity (Wildman–Crippen MR) is 70.6 cm³/mol. The smallest absolute Gasteiger partial charge is 0.147 e. The molecule has 16 heavy (non-hydrogen) atoms. The Morgan fingerprint density at radius 3 is 2.94 bits per heavy atom. The van der Waals surface area contributed by atoms with Gasteiger partial charge < -0.3 is 14.8 Å². The van der Waals surface area contributed by atoms with Gasteiger partial charge in [0.05, 0.1) is 12.7 Å². The zero-order valence-corrected chi connectivity index (χ0v) is 11.9. The summed E-state index contributed by atoms with van der Waals surface area (Å²) in [5.41, 5.74) is 1.08. The largest absolute Gasteiger partial charge is 0.382 e. The third-order valence-corrected chi connectivity index (χ3v) is 3.57. The molecule has 1 saturated heterocycles. The van der Waals surface area contributed by atoms with E-state index in [2.05, 4.69) is 37.2 Å². The first-order valence-corrected chi connectivity index (χ1v) is 6.72. The van der Waals surface area contributed by atoms with E-state index in [1.54, 1.807) is 0 Å². The highest BCUT2D eigenvalue weighted by Gasteiger charge is 2.13. The molecule has 3 nitrogen and oxygen atoms in total. The van der Waals surface area contributed by atoms with Gasteiger partial charge in [0.25, 0.3) is 0 Å². The monoisotopic (exact) mass is 349 g/mol. The predicted octanol–water partition coefficient (Wildman–Crippen LogP) is 3.39. The Morgan fingerprint density at radius 1 is 1.38 bits per heavy atom. The molecule has 0 spiro atoms. The van der Waals surface area contributed by atoms with Gasteiger partial charge in [-0.3, -0.25) is 0 Å². The first-order chi connectivity index (χ1) is 7.75. The van der Waals surface area contributed by atoms with Crippen molar-refractivity contribution < 1.29 is 9.47 Å². The summed E-state index contributed by atoms with van der Waals surface area (Å²) in [6.45, 7) is 2.01. The van der Waals surface area contributed by atoms with Crippen molar-refractivity contribution in [2.75, 3.05) is 25.3 Å². The van der Waals surface area contributed by atoms with Gasteiger partial charge in [0.2, 0.25) is 0 Å². The summed E-state index contributed by atoms with van der Waals surface area (Å²) in [5, 5.41) is 3.36. The molecule has 0 bridgehead atoms. The second-order valence-corrected chi connectivity index (χ2v) is 5.38. The minimum Gasteiger partial charge on any atom is -0.382 e. The van der Waals surface area contributed by atoms with E-state index in [-0.39, 0.29) is 6.10 Å². The van der Waals surface area contributed by atoms with Crippen molar-refractivity contribution in [3.05, 3.63) is 27.1 Å². The number of rotatable bonds is 3. The topological polar surface area (TPSA) is 30.5 Å². The molecule has 2 rings (SSSR count). The zero-order valence-electron chi connectivity index (χ0n) is 8.71. The van der Waals surface area contributed by atoms with Crippen LogP contribution in [0, 0.1) is 0 Å². The van der Waals surface area contributed by atoms with Gasteiger partial charge in [-0.15, -0.1) is 0 Å². The van der Waals surface area contributed by atoms with E-state index in [1.807, 2.05) is 18.2 Å². The molecule has 0 saturated carbocycles. The maximum Gasteiger partial charge on any atom is 0.147 e. The van der Waals surface area contributed by atoms with E-state index < -0.39 is 0 Å². The van der Waals surface area contributed by atoms with E-state index >= 15 is 0 Å². The number of hydrogen-bond donors (Lipinski definition) is 1. The van der Waals surface area contributed by atoms with Gasteiger partial charge in [-0.2, -0.15) is 0 Å². The van der Waals surface area contributed by atoms with E-state index in [0.717, 1.165) is 34.2 Å². The maximum absolute atomic E-state index is 5.45. The van der Waals surface area contributed by atoms with Crippen LogP contribution in [0.25, 0.3) is 0 Å². The summed E-state index contributed by atoms with van der Waals surface area (Å²) in [4.78, 5) is 0. The van der Waals surface area contributed by atoms with E-state index in [0.29, 0.717) is 6.79 Å². The van der Waals surface area contributed by atoms with Crippen LogP contribution in [0.3, 0.4) is 0 Å². The van der Waals surface area contributed by atoms with Crippen LogP contribution < -0.4 is 5.32 Å². The lowest BCUT2D eigenvalue weighted by Gasteiger charge is -2.23. The van der Waals surface area contributed by atoms with Gasteiger partial charge in [0.1, 0.15) is 6.79 Å². The summed E-state index contributed by atoms with van der Waals surface area (Å²) in [7, 11) is 0. The molecule has 1 atom stereocenters. The fraction of sp³-hybridized carbons (Fsp3) is 0.455. The van der Waals surface area contributed by atoms with E-state index in [9.17, 15) is 0 Å². The lowest BCUT2D eigenvalue weighted by Crippen LogP contribution is -2.30. The molecule has 88 valence electrons. The van der Waals surface area contributed by atoms with E-state index in [4.69, 9.17) is 9.47 Å². The minimum absolute atomic E-state index is 0.240.